The standard InChI is InChI=1S/C16H24N2O3S/c1-13(2)15-5-7-16(8-6-15)22(20,21)18-10-4-9-17(11-12-18)14(3)19/h5-8,13H,4,9-12H2,1-3H3. The highest BCUT2D eigenvalue weighted by molar-refractivity contribution is 7.89. The van der Waals surface area contributed by atoms with Gasteiger partial charge in [0.05, 0.1) is 4.90 Å². The van der Waals surface area contributed by atoms with Crippen LogP contribution in [0.2, 0.25) is 0 Å². The fourth-order valence-corrected chi connectivity index (χ4v) is 4.09. The average Bonchev–Trinajstić information content (AvgIpc) is 2.73. The van der Waals surface area contributed by atoms with Crippen LogP contribution in [0.1, 0.15) is 38.7 Å². The van der Waals surface area contributed by atoms with Crippen LogP contribution in [0.15, 0.2) is 29.2 Å². The maximum absolute atomic E-state index is 12.7. The molecule has 1 amide bonds. The molecule has 6 heteroatoms. The largest absolute Gasteiger partial charge is 0.342 e. The minimum Gasteiger partial charge on any atom is -0.342 e. The Kier molecular flexibility index (Phi) is 5.24. The zero-order chi connectivity index (χ0) is 16.3. The van der Waals surface area contributed by atoms with E-state index in [1.54, 1.807) is 17.0 Å². The van der Waals surface area contributed by atoms with Crippen LogP contribution in [0.25, 0.3) is 0 Å². The van der Waals surface area contributed by atoms with Crippen LogP contribution >= 0.6 is 0 Å². The van der Waals surface area contributed by atoms with Crippen LogP contribution in [-0.2, 0) is 14.8 Å². The Labute approximate surface area is 133 Å². The Morgan fingerprint density at radius 2 is 1.68 bits per heavy atom. The molecule has 1 aliphatic rings. The summed E-state index contributed by atoms with van der Waals surface area (Å²) in [7, 11) is -3.48. The van der Waals surface area contributed by atoms with Gasteiger partial charge in [0, 0.05) is 33.1 Å². The summed E-state index contributed by atoms with van der Waals surface area (Å²) >= 11 is 0. The molecule has 22 heavy (non-hydrogen) atoms. The summed E-state index contributed by atoms with van der Waals surface area (Å²) in [5, 5.41) is 0. The highest BCUT2D eigenvalue weighted by Crippen LogP contribution is 2.21. The van der Waals surface area contributed by atoms with Gasteiger partial charge in [-0.25, -0.2) is 8.42 Å². The van der Waals surface area contributed by atoms with Crippen molar-refractivity contribution in [2.75, 3.05) is 26.2 Å². The molecule has 0 atom stereocenters. The van der Waals surface area contributed by atoms with E-state index in [0.29, 0.717) is 43.4 Å². The van der Waals surface area contributed by atoms with Gasteiger partial charge in [0.1, 0.15) is 0 Å². The Morgan fingerprint density at radius 1 is 1.05 bits per heavy atom. The maximum Gasteiger partial charge on any atom is 0.243 e. The van der Waals surface area contributed by atoms with Gasteiger partial charge in [0.2, 0.25) is 15.9 Å². The summed E-state index contributed by atoms with van der Waals surface area (Å²) in [6, 6.07) is 7.10. The van der Waals surface area contributed by atoms with Crippen LogP contribution in [0.5, 0.6) is 0 Å². The first-order valence-electron chi connectivity index (χ1n) is 7.68. The van der Waals surface area contributed by atoms with Crippen LogP contribution in [0.3, 0.4) is 0 Å². The van der Waals surface area contributed by atoms with E-state index in [2.05, 4.69) is 13.8 Å². The molecule has 1 saturated heterocycles. The van der Waals surface area contributed by atoms with Crippen molar-refractivity contribution in [2.24, 2.45) is 0 Å². The molecule has 0 N–H and O–H groups in total. The molecule has 5 nitrogen and oxygen atoms in total. The minimum absolute atomic E-state index is 0.000495. The molecule has 2 rings (SSSR count). The fourth-order valence-electron chi connectivity index (χ4n) is 2.62. The number of carbonyl (C=O) groups excluding carboxylic acids is 1. The van der Waals surface area contributed by atoms with E-state index in [4.69, 9.17) is 0 Å². The number of carbonyl (C=O) groups is 1. The van der Waals surface area contributed by atoms with Gasteiger partial charge in [-0.2, -0.15) is 4.31 Å². The molecule has 0 aliphatic carbocycles. The number of rotatable bonds is 3. The summed E-state index contributed by atoms with van der Waals surface area (Å²) in [5.74, 6) is 0.375. The Balaban J connectivity index is 2.17. The van der Waals surface area contributed by atoms with Gasteiger partial charge in [-0.1, -0.05) is 26.0 Å². The number of hydrogen-bond acceptors (Lipinski definition) is 3. The van der Waals surface area contributed by atoms with Crippen LogP contribution in [0, 0.1) is 0 Å². The van der Waals surface area contributed by atoms with Crippen molar-refractivity contribution < 1.29 is 13.2 Å². The normalized spacial score (nSPS) is 17.5. The lowest BCUT2D eigenvalue weighted by atomic mass is 10.0. The summed E-state index contributed by atoms with van der Waals surface area (Å²) in [6.45, 7) is 7.57. The first kappa shape index (κ1) is 17.0. The van der Waals surface area contributed by atoms with Gasteiger partial charge in [-0.15, -0.1) is 0 Å². The summed E-state index contributed by atoms with van der Waals surface area (Å²) in [4.78, 5) is 13.5. The van der Waals surface area contributed by atoms with Crippen molar-refractivity contribution in [3.8, 4) is 0 Å². The average molecular weight is 324 g/mol. The molecule has 0 spiro atoms. The predicted octanol–water partition coefficient (Wildman–Crippen LogP) is 2.05. The molecular formula is C16H24N2O3S. The topological polar surface area (TPSA) is 57.7 Å². The minimum atomic E-state index is -3.48. The smallest absolute Gasteiger partial charge is 0.243 e. The Bertz CT molecular complexity index is 623. The van der Waals surface area contributed by atoms with Crippen molar-refractivity contribution in [3.05, 3.63) is 29.8 Å². The quantitative estimate of drug-likeness (QED) is 0.855. The van der Waals surface area contributed by atoms with E-state index in [0.717, 1.165) is 5.56 Å². The summed E-state index contributed by atoms with van der Waals surface area (Å²) < 4.78 is 26.9. The molecule has 1 fully saturated rings. The fraction of sp³-hybridized carbons (Fsp3) is 0.562. The molecule has 0 radical (unpaired) electrons. The first-order valence-corrected chi connectivity index (χ1v) is 9.12. The van der Waals surface area contributed by atoms with Crippen molar-refractivity contribution in [1.29, 1.82) is 0 Å². The lowest BCUT2D eigenvalue weighted by Crippen LogP contribution is -2.36. The number of benzene rings is 1. The predicted molar refractivity (Wildman–Crippen MR) is 86.2 cm³/mol. The monoisotopic (exact) mass is 324 g/mol. The molecule has 0 bridgehead atoms. The second-order valence-electron chi connectivity index (χ2n) is 5.99. The highest BCUT2D eigenvalue weighted by Gasteiger charge is 2.27. The third-order valence-corrected chi connectivity index (χ3v) is 6.00. The van der Waals surface area contributed by atoms with Crippen molar-refractivity contribution >= 4 is 15.9 Å². The van der Waals surface area contributed by atoms with E-state index < -0.39 is 10.0 Å². The second kappa shape index (κ2) is 6.79. The van der Waals surface area contributed by atoms with E-state index in [1.165, 1.54) is 11.2 Å². The zero-order valence-electron chi connectivity index (χ0n) is 13.4. The summed E-state index contributed by atoms with van der Waals surface area (Å²) in [6.07, 6.45) is 0.670. The SMILES string of the molecule is CC(=O)N1CCCN(S(=O)(=O)c2ccc(C(C)C)cc2)CC1. The molecule has 1 aromatic carbocycles. The Hall–Kier alpha value is -1.40. The lowest BCUT2D eigenvalue weighted by Gasteiger charge is -2.21. The number of hydrogen-bond donors (Lipinski definition) is 0. The number of sulfonamides is 1. The molecule has 122 valence electrons. The molecule has 0 unspecified atom stereocenters. The van der Waals surface area contributed by atoms with Crippen molar-refractivity contribution in [3.63, 3.8) is 0 Å². The van der Waals surface area contributed by atoms with E-state index >= 15 is 0 Å². The molecule has 1 aliphatic heterocycles. The van der Waals surface area contributed by atoms with Gasteiger partial charge in [-0.05, 0) is 30.0 Å². The van der Waals surface area contributed by atoms with E-state index in [1.807, 2.05) is 12.1 Å². The molecule has 1 heterocycles. The van der Waals surface area contributed by atoms with Gasteiger partial charge in [0.25, 0.3) is 0 Å². The third-order valence-electron chi connectivity index (χ3n) is 4.08. The van der Waals surface area contributed by atoms with Crippen LogP contribution < -0.4 is 0 Å². The molecule has 0 aromatic heterocycles. The summed E-state index contributed by atoms with van der Waals surface area (Å²) in [5.41, 5.74) is 1.12. The second-order valence-corrected chi connectivity index (χ2v) is 7.93. The van der Waals surface area contributed by atoms with Gasteiger partial charge in [0.15, 0.2) is 0 Å². The Morgan fingerprint density at radius 3 is 2.23 bits per heavy atom. The molecule has 0 saturated carbocycles. The van der Waals surface area contributed by atoms with E-state index in [9.17, 15) is 13.2 Å². The number of nitrogens with zero attached hydrogens (tertiary/aromatic N) is 2. The van der Waals surface area contributed by atoms with Crippen molar-refractivity contribution in [2.45, 2.75) is 38.0 Å². The zero-order valence-corrected chi connectivity index (χ0v) is 14.3. The molecule has 1 aromatic rings. The highest BCUT2D eigenvalue weighted by atomic mass is 32.2. The van der Waals surface area contributed by atoms with E-state index in [-0.39, 0.29) is 5.91 Å². The van der Waals surface area contributed by atoms with Crippen LogP contribution in [-0.4, -0.2) is 49.7 Å². The van der Waals surface area contributed by atoms with Gasteiger partial charge >= 0.3 is 0 Å². The number of amides is 1. The van der Waals surface area contributed by atoms with Gasteiger partial charge in [-0.3, -0.25) is 4.79 Å². The van der Waals surface area contributed by atoms with Crippen LogP contribution in [0.4, 0.5) is 0 Å². The third kappa shape index (κ3) is 3.67. The van der Waals surface area contributed by atoms with Gasteiger partial charge < -0.3 is 4.90 Å². The maximum atomic E-state index is 12.7. The lowest BCUT2D eigenvalue weighted by molar-refractivity contribution is -0.128. The first-order chi connectivity index (χ1) is 10.3. The molecular weight excluding hydrogens is 300 g/mol. The van der Waals surface area contributed by atoms with Crippen molar-refractivity contribution in [1.82, 2.24) is 9.21 Å².